The summed E-state index contributed by atoms with van der Waals surface area (Å²) in [5.41, 5.74) is 4.86. The SMILES string of the molecule is Cc1cccc(C)c1/N=C/Cc1ccccc1. The van der Waals surface area contributed by atoms with Gasteiger partial charge in [-0.3, -0.25) is 4.99 Å². The van der Waals surface area contributed by atoms with Crippen LogP contribution in [0.25, 0.3) is 0 Å². The van der Waals surface area contributed by atoms with Gasteiger partial charge >= 0.3 is 0 Å². The van der Waals surface area contributed by atoms with Crippen LogP contribution in [0.3, 0.4) is 0 Å². The van der Waals surface area contributed by atoms with E-state index < -0.39 is 0 Å². The molecule has 2 aromatic rings. The fourth-order valence-electron chi connectivity index (χ4n) is 1.87. The van der Waals surface area contributed by atoms with E-state index in [0.717, 1.165) is 12.1 Å². The fraction of sp³-hybridized carbons (Fsp3) is 0.188. The second kappa shape index (κ2) is 5.44. The minimum Gasteiger partial charge on any atom is -0.260 e. The molecule has 2 rings (SSSR count). The van der Waals surface area contributed by atoms with E-state index in [9.17, 15) is 0 Å². The summed E-state index contributed by atoms with van der Waals surface area (Å²) in [7, 11) is 0. The Bertz CT molecular complexity index is 492. The minimum absolute atomic E-state index is 0.884. The van der Waals surface area contributed by atoms with Crippen LogP contribution in [-0.4, -0.2) is 6.21 Å². The van der Waals surface area contributed by atoms with Crippen LogP contribution in [-0.2, 0) is 6.42 Å². The summed E-state index contributed by atoms with van der Waals surface area (Å²) in [5.74, 6) is 0. The van der Waals surface area contributed by atoms with E-state index in [2.05, 4.69) is 61.3 Å². The Labute approximate surface area is 103 Å². The maximum absolute atomic E-state index is 4.58. The molecule has 86 valence electrons. The third kappa shape index (κ3) is 3.04. The van der Waals surface area contributed by atoms with Crippen molar-refractivity contribution in [2.75, 3.05) is 0 Å². The van der Waals surface area contributed by atoms with Gasteiger partial charge in [0.05, 0.1) is 5.69 Å². The smallest absolute Gasteiger partial charge is 0.0684 e. The number of nitrogens with zero attached hydrogens (tertiary/aromatic N) is 1. The van der Waals surface area contributed by atoms with Crippen molar-refractivity contribution in [2.45, 2.75) is 20.3 Å². The van der Waals surface area contributed by atoms with Crippen molar-refractivity contribution in [3.8, 4) is 0 Å². The average molecular weight is 223 g/mol. The van der Waals surface area contributed by atoms with Crippen molar-refractivity contribution in [1.29, 1.82) is 0 Å². The van der Waals surface area contributed by atoms with Crippen LogP contribution in [0.4, 0.5) is 5.69 Å². The first-order chi connectivity index (χ1) is 8.27. The molecule has 0 aliphatic carbocycles. The molecule has 0 saturated carbocycles. The number of para-hydroxylation sites is 1. The van der Waals surface area contributed by atoms with Gasteiger partial charge in [0, 0.05) is 12.6 Å². The van der Waals surface area contributed by atoms with Gasteiger partial charge in [0.1, 0.15) is 0 Å². The monoisotopic (exact) mass is 223 g/mol. The Morgan fingerprint density at radius 3 is 2.18 bits per heavy atom. The highest BCUT2D eigenvalue weighted by Crippen LogP contribution is 2.22. The summed E-state index contributed by atoms with van der Waals surface area (Å²) in [5, 5.41) is 0. The highest BCUT2D eigenvalue weighted by Gasteiger charge is 1.98. The molecule has 0 N–H and O–H groups in total. The summed E-state index contributed by atoms with van der Waals surface area (Å²) >= 11 is 0. The minimum atomic E-state index is 0.884. The van der Waals surface area contributed by atoms with Crippen molar-refractivity contribution < 1.29 is 0 Å². The van der Waals surface area contributed by atoms with Gasteiger partial charge in [0.25, 0.3) is 0 Å². The van der Waals surface area contributed by atoms with Crippen LogP contribution < -0.4 is 0 Å². The summed E-state index contributed by atoms with van der Waals surface area (Å²) in [6.45, 7) is 4.20. The molecule has 0 atom stereocenters. The molecule has 0 spiro atoms. The quantitative estimate of drug-likeness (QED) is 0.690. The number of hydrogen-bond donors (Lipinski definition) is 0. The molecule has 0 aliphatic heterocycles. The maximum atomic E-state index is 4.58. The van der Waals surface area contributed by atoms with E-state index in [1.807, 2.05) is 12.3 Å². The molecule has 0 radical (unpaired) electrons. The molecule has 0 aliphatic rings. The fourth-order valence-corrected chi connectivity index (χ4v) is 1.87. The van der Waals surface area contributed by atoms with Gasteiger partial charge in [0.15, 0.2) is 0 Å². The maximum Gasteiger partial charge on any atom is 0.0684 e. The summed E-state index contributed by atoms with van der Waals surface area (Å²) in [6, 6.07) is 16.7. The largest absolute Gasteiger partial charge is 0.260 e. The molecule has 2 aromatic carbocycles. The molecule has 0 amide bonds. The van der Waals surface area contributed by atoms with Gasteiger partial charge in [-0.1, -0.05) is 48.5 Å². The van der Waals surface area contributed by atoms with E-state index in [0.29, 0.717) is 0 Å². The summed E-state index contributed by atoms with van der Waals surface area (Å²) in [4.78, 5) is 4.58. The lowest BCUT2D eigenvalue weighted by Crippen LogP contribution is -1.86. The Balaban J connectivity index is 2.11. The first-order valence-corrected chi connectivity index (χ1v) is 5.90. The lowest BCUT2D eigenvalue weighted by molar-refractivity contribution is 1.30. The normalized spacial score (nSPS) is 10.9. The number of hydrogen-bond acceptors (Lipinski definition) is 1. The van der Waals surface area contributed by atoms with Crippen molar-refractivity contribution in [3.05, 3.63) is 65.2 Å². The van der Waals surface area contributed by atoms with Crippen LogP contribution in [0.15, 0.2) is 53.5 Å². The predicted octanol–water partition coefficient (Wildman–Crippen LogP) is 4.25. The topological polar surface area (TPSA) is 12.4 Å². The molecule has 1 heteroatoms. The Morgan fingerprint density at radius 2 is 1.53 bits per heavy atom. The first kappa shape index (κ1) is 11.6. The number of aryl methyl sites for hydroxylation is 2. The van der Waals surface area contributed by atoms with E-state index >= 15 is 0 Å². The Kier molecular flexibility index (Phi) is 3.71. The number of rotatable bonds is 3. The molecule has 0 fully saturated rings. The van der Waals surface area contributed by atoms with Crippen molar-refractivity contribution in [1.82, 2.24) is 0 Å². The highest BCUT2D eigenvalue weighted by atomic mass is 14.7. The number of benzene rings is 2. The lowest BCUT2D eigenvalue weighted by atomic mass is 10.1. The number of aliphatic imine (C=N–C) groups is 1. The van der Waals surface area contributed by atoms with Gasteiger partial charge in [-0.05, 0) is 30.5 Å². The van der Waals surface area contributed by atoms with Crippen LogP contribution in [0.5, 0.6) is 0 Å². The van der Waals surface area contributed by atoms with Crippen molar-refractivity contribution in [3.63, 3.8) is 0 Å². The molecule has 0 heterocycles. The second-order valence-electron chi connectivity index (χ2n) is 4.24. The van der Waals surface area contributed by atoms with Gasteiger partial charge in [-0.25, -0.2) is 0 Å². The van der Waals surface area contributed by atoms with E-state index in [4.69, 9.17) is 0 Å². The van der Waals surface area contributed by atoms with Crippen LogP contribution in [0.1, 0.15) is 16.7 Å². The zero-order chi connectivity index (χ0) is 12.1. The van der Waals surface area contributed by atoms with Crippen LogP contribution in [0.2, 0.25) is 0 Å². The molecule has 17 heavy (non-hydrogen) atoms. The Morgan fingerprint density at radius 1 is 0.882 bits per heavy atom. The van der Waals surface area contributed by atoms with Crippen LogP contribution in [0, 0.1) is 13.8 Å². The molecule has 0 saturated heterocycles. The van der Waals surface area contributed by atoms with Crippen molar-refractivity contribution in [2.24, 2.45) is 4.99 Å². The Hall–Kier alpha value is -1.89. The van der Waals surface area contributed by atoms with Gasteiger partial charge < -0.3 is 0 Å². The van der Waals surface area contributed by atoms with E-state index in [1.165, 1.54) is 16.7 Å². The molecular weight excluding hydrogens is 206 g/mol. The first-order valence-electron chi connectivity index (χ1n) is 5.90. The van der Waals surface area contributed by atoms with Gasteiger partial charge in [0.2, 0.25) is 0 Å². The zero-order valence-corrected chi connectivity index (χ0v) is 10.4. The van der Waals surface area contributed by atoms with Crippen molar-refractivity contribution >= 4 is 11.9 Å². The third-order valence-corrected chi connectivity index (χ3v) is 2.83. The molecule has 0 unspecified atom stereocenters. The third-order valence-electron chi connectivity index (χ3n) is 2.83. The van der Waals surface area contributed by atoms with Crippen LogP contribution >= 0.6 is 0 Å². The summed E-state index contributed by atoms with van der Waals surface area (Å²) in [6.07, 6.45) is 2.87. The lowest BCUT2D eigenvalue weighted by Gasteiger charge is -2.03. The summed E-state index contributed by atoms with van der Waals surface area (Å²) < 4.78 is 0. The predicted molar refractivity (Wildman–Crippen MR) is 74.2 cm³/mol. The second-order valence-corrected chi connectivity index (χ2v) is 4.24. The standard InChI is InChI=1S/C16H17N/c1-13-7-6-8-14(2)16(13)17-12-11-15-9-4-3-5-10-15/h3-10,12H,11H2,1-2H3/b17-12+. The average Bonchev–Trinajstić information content (AvgIpc) is 2.34. The highest BCUT2D eigenvalue weighted by molar-refractivity contribution is 5.68. The van der Waals surface area contributed by atoms with Gasteiger partial charge in [-0.2, -0.15) is 0 Å². The zero-order valence-electron chi connectivity index (χ0n) is 10.4. The molecule has 0 aromatic heterocycles. The molecule has 0 bridgehead atoms. The molecular formula is C16H17N. The van der Waals surface area contributed by atoms with E-state index in [1.54, 1.807) is 0 Å². The van der Waals surface area contributed by atoms with E-state index in [-0.39, 0.29) is 0 Å². The molecule has 1 nitrogen and oxygen atoms in total. The van der Waals surface area contributed by atoms with Gasteiger partial charge in [-0.15, -0.1) is 0 Å².